The van der Waals surface area contributed by atoms with E-state index in [-0.39, 0.29) is 13.0 Å². The van der Waals surface area contributed by atoms with Crippen molar-refractivity contribution >= 4 is 21.7 Å². The second-order valence-electron chi connectivity index (χ2n) is 5.26. The minimum Gasteiger partial charge on any atom is -0.480 e. The fraction of sp³-hybridized carbons (Fsp3) is 0.429. The Bertz CT molecular complexity index is 682. The van der Waals surface area contributed by atoms with Gasteiger partial charge in [-0.25, -0.2) is 13.2 Å². The number of nitrogens with zero attached hydrogens (tertiary/aromatic N) is 1. The zero-order chi connectivity index (χ0) is 15.8. The van der Waals surface area contributed by atoms with Gasteiger partial charge in [-0.3, -0.25) is 4.79 Å². The molecule has 2 rings (SSSR count). The predicted octanol–water partition coefficient (Wildman–Crippen LogP) is 0.458. The minimum atomic E-state index is -3.56. The number of carboxylic acids is 1. The van der Waals surface area contributed by atoms with Crippen LogP contribution in [0.25, 0.3) is 0 Å². The van der Waals surface area contributed by atoms with Crippen molar-refractivity contribution in [3.63, 3.8) is 0 Å². The quantitative estimate of drug-likeness (QED) is 0.875. The molecule has 1 aromatic carbocycles. The van der Waals surface area contributed by atoms with Crippen LogP contribution in [0.5, 0.6) is 0 Å². The number of amides is 1. The van der Waals surface area contributed by atoms with Gasteiger partial charge in [0, 0.05) is 19.2 Å². The van der Waals surface area contributed by atoms with E-state index in [1.807, 2.05) is 24.3 Å². The molecule has 0 radical (unpaired) electrons. The summed E-state index contributed by atoms with van der Waals surface area (Å²) < 4.78 is 23.1. The zero-order valence-corrected chi connectivity index (χ0v) is 12.6. The van der Waals surface area contributed by atoms with Gasteiger partial charge in [0.15, 0.2) is 9.84 Å². The molecule has 0 bridgehead atoms. The van der Waals surface area contributed by atoms with E-state index in [1.165, 1.54) is 6.92 Å². The lowest BCUT2D eigenvalue weighted by Crippen LogP contribution is -2.52. The topological polar surface area (TPSA) is 91.8 Å². The summed E-state index contributed by atoms with van der Waals surface area (Å²) >= 11 is 0. The second kappa shape index (κ2) is 5.48. The van der Waals surface area contributed by atoms with E-state index in [1.54, 1.807) is 0 Å². The predicted molar refractivity (Wildman–Crippen MR) is 76.4 cm³/mol. The molecule has 1 aliphatic rings. The summed E-state index contributed by atoms with van der Waals surface area (Å²) in [5, 5.41) is 8.08. The Morgan fingerprint density at radius 3 is 2.38 bits per heavy atom. The monoisotopic (exact) mass is 311 g/mol. The molecule has 1 heterocycles. The van der Waals surface area contributed by atoms with Gasteiger partial charge in [0.25, 0.3) is 0 Å². The molecule has 0 aromatic heterocycles. The molecule has 7 heteroatoms. The Hall–Kier alpha value is -1.89. The normalized spacial score (nSPS) is 19.7. The number of hydrogen-bond acceptors (Lipinski definition) is 4. The van der Waals surface area contributed by atoms with E-state index in [0.717, 1.165) is 22.3 Å². The minimum absolute atomic E-state index is 0.117. The first-order chi connectivity index (χ1) is 9.71. The number of sulfone groups is 1. The van der Waals surface area contributed by atoms with Gasteiger partial charge in [0.1, 0.15) is 11.3 Å². The lowest BCUT2D eigenvalue weighted by molar-refractivity contribution is -0.151. The maximum absolute atomic E-state index is 12.4. The van der Waals surface area contributed by atoms with Crippen LogP contribution < -0.4 is 0 Å². The summed E-state index contributed by atoms with van der Waals surface area (Å²) in [6.45, 7) is 1.41. The van der Waals surface area contributed by atoms with Crippen LogP contribution in [0.2, 0.25) is 0 Å². The van der Waals surface area contributed by atoms with Crippen LogP contribution in [0.4, 0.5) is 0 Å². The van der Waals surface area contributed by atoms with Crippen molar-refractivity contribution in [3.05, 3.63) is 35.4 Å². The average Bonchev–Trinajstić information content (AvgIpc) is 2.43. The molecule has 6 nitrogen and oxygen atoms in total. The molecule has 114 valence electrons. The van der Waals surface area contributed by atoms with Crippen molar-refractivity contribution in [2.75, 3.05) is 6.26 Å². The van der Waals surface area contributed by atoms with E-state index < -0.39 is 33.0 Å². The number of carboxylic acid groups (broad SMARTS) is 1. The first-order valence-electron chi connectivity index (χ1n) is 6.50. The van der Waals surface area contributed by atoms with Gasteiger partial charge in [0.2, 0.25) is 5.91 Å². The van der Waals surface area contributed by atoms with Crippen molar-refractivity contribution in [1.29, 1.82) is 0 Å². The van der Waals surface area contributed by atoms with Gasteiger partial charge in [-0.1, -0.05) is 24.3 Å². The summed E-state index contributed by atoms with van der Waals surface area (Å²) in [6.07, 6.45) is 1.16. The van der Waals surface area contributed by atoms with Gasteiger partial charge in [0.05, 0.1) is 0 Å². The molecule has 1 amide bonds. The van der Waals surface area contributed by atoms with Crippen LogP contribution in [-0.4, -0.2) is 47.8 Å². The highest BCUT2D eigenvalue weighted by Crippen LogP contribution is 2.25. The molecule has 0 aliphatic carbocycles. The Morgan fingerprint density at radius 1 is 1.29 bits per heavy atom. The summed E-state index contributed by atoms with van der Waals surface area (Å²) in [4.78, 5) is 24.9. The first-order valence-corrected chi connectivity index (χ1v) is 8.46. The lowest BCUT2D eigenvalue weighted by atomic mass is 9.94. The summed E-state index contributed by atoms with van der Waals surface area (Å²) in [7, 11) is -3.56. The van der Waals surface area contributed by atoms with Crippen molar-refractivity contribution < 1.29 is 23.1 Å². The molecule has 1 N–H and O–H groups in total. The Balaban J connectivity index is 2.37. The number of hydrogen-bond donors (Lipinski definition) is 1. The largest absolute Gasteiger partial charge is 0.480 e. The molecule has 0 unspecified atom stereocenters. The maximum atomic E-state index is 12.4. The van der Waals surface area contributed by atoms with Gasteiger partial charge in [-0.15, -0.1) is 0 Å². The summed E-state index contributed by atoms with van der Waals surface area (Å²) in [6, 6.07) is 6.24. The van der Waals surface area contributed by atoms with E-state index in [4.69, 9.17) is 0 Å². The highest BCUT2D eigenvalue weighted by molar-refractivity contribution is 7.92. The van der Waals surface area contributed by atoms with Gasteiger partial charge >= 0.3 is 5.97 Å². The Morgan fingerprint density at radius 2 is 1.86 bits per heavy atom. The van der Waals surface area contributed by atoms with Gasteiger partial charge in [-0.05, 0) is 18.1 Å². The van der Waals surface area contributed by atoms with E-state index in [2.05, 4.69) is 0 Å². The highest BCUT2D eigenvalue weighted by Gasteiger charge is 2.38. The van der Waals surface area contributed by atoms with Crippen molar-refractivity contribution in [2.45, 2.75) is 31.2 Å². The lowest BCUT2D eigenvalue weighted by Gasteiger charge is -2.35. The SMILES string of the molecule is C[C@H](C(=O)N1Cc2ccccc2C[C@H]1C(=O)O)S(C)(=O)=O. The van der Waals surface area contributed by atoms with Crippen LogP contribution in [0.3, 0.4) is 0 Å². The molecular formula is C14H17NO5S. The number of fused-ring (bicyclic) bond motifs is 1. The molecule has 0 saturated carbocycles. The molecule has 1 aliphatic heterocycles. The van der Waals surface area contributed by atoms with Crippen molar-refractivity contribution in [1.82, 2.24) is 4.90 Å². The van der Waals surface area contributed by atoms with Crippen LogP contribution in [-0.2, 0) is 32.4 Å². The van der Waals surface area contributed by atoms with Crippen LogP contribution >= 0.6 is 0 Å². The smallest absolute Gasteiger partial charge is 0.326 e. The second-order valence-corrected chi connectivity index (χ2v) is 7.63. The molecule has 0 saturated heterocycles. The molecule has 21 heavy (non-hydrogen) atoms. The molecular weight excluding hydrogens is 294 g/mol. The van der Waals surface area contributed by atoms with Crippen LogP contribution in [0, 0.1) is 0 Å². The van der Waals surface area contributed by atoms with Gasteiger partial charge < -0.3 is 10.0 Å². The fourth-order valence-corrected chi connectivity index (χ4v) is 2.89. The van der Waals surface area contributed by atoms with Crippen LogP contribution in [0.1, 0.15) is 18.1 Å². The number of aliphatic carboxylic acids is 1. The van der Waals surface area contributed by atoms with Crippen molar-refractivity contribution in [3.8, 4) is 0 Å². The molecule has 1 aromatic rings. The van der Waals surface area contributed by atoms with Gasteiger partial charge in [-0.2, -0.15) is 0 Å². The zero-order valence-electron chi connectivity index (χ0n) is 11.8. The molecule has 0 fully saturated rings. The molecule has 2 atom stereocenters. The van der Waals surface area contributed by atoms with E-state index in [9.17, 15) is 23.1 Å². The fourth-order valence-electron chi connectivity index (χ4n) is 2.39. The standard InChI is InChI=1S/C14H17NO5S/c1-9(21(2,19)20)13(16)15-8-11-6-4-3-5-10(11)7-12(15)14(17)18/h3-6,9,12H,7-8H2,1-2H3,(H,17,18)/t9-,12+/m1/s1. The third-order valence-electron chi connectivity index (χ3n) is 3.81. The number of benzene rings is 1. The average molecular weight is 311 g/mol. The number of carbonyl (C=O) groups excluding carboxylic acids is 1. The van der Waals surface area contributed by atoms with E-state index >= 15 is 0 Å². The number of rotatable bonds is 3. The Kier molecular flexibility index (Phi) is 4.04. The highest BCUT2D eigenvalue weighted by atomic mass is 32.2. The Labute approximate surface area is 123 Å². The third kappa shape index (κ3) is 3.07. The summed E-state index contributed by atoms with van der Waals surface area (Å²) in [5.74, 6) is -1.79. The summed E-state index contributed by atoms with van der Waals surface area (Å²) in [5.41, 5.74) is 1.73. The van der Waals surface area contributed by atoms with E-state index in [0.29, 0.717) is 0 Å². The third-order valence-corrected chi connectivity index (χ3v) is 5.29. The first kappa shape index (κ1) is 15.5. The number of carbonyl (C=O) groups is 2. The maximum Gasteiger partial charge on any atom is 0.326 e. The molecule has 0 spiro atoms. The van der Waals surface area contributed by atoms with Crippen LogP contribution in [0.15, 0.2) is 24.3 Å². The van der Waals surface area contributed by atoms with Crippen molar-refractivity contribution in [2.24, 2.45) is 0 Å².